The van der Waals surface area contributed by atoms with Crippen molar-refractivity contribution in [3.05, 3.63) is 70.0 Å². The SMILES string of the molecule is CCCC[C@@]1(c2ccc(F)cc2)NC(=O)N(CC(=O)c2c(C)cc(C)cc2C)C1=O. The molecule has 0 spiro atoms. The first-order chi connectivity index (χ1) is 14.2. The molecule has 0 radical (unpaired) electrons. The zero-order valence-corrected chi connectivity index (χ0v) is 17.8. The third-order valence-electron chi connectivity index (χ3n) is 5.68. The molecular weight excluding hydrogens is 383 g/mol. The monoisotopic (exact) mass is 410 g/mol. The number of unbranched alkanes of at least 4 members (excludes halogenated alkanes) is 1. The van der Waals surface area contributed by atoms with Crippen LogP contribution in [-0.4, -0.2) is 29.2 Å². The molecular formula is C24H27FN2O3. The van der Waals surface area contributed by atoms with Gasteiger partial charge in [0.05, 0.1) is 6.54 Å². The summed E-state index contributed by atoms with van der Waals surface area (Å²) >= 11 is 0. The number of carbonyl (C=O) groups is 3. The maximum absolute atomic E-state index is 13.4. The van der Waals surface area contributed by atoms with Gasteiger partial charge in [0.2, 0.25) is 0 Å². The minimum Gasteiger partial charge on any atom is -0.319 e. The number of rotatable bonds is 7. The van der Waals surface area contributed by atoms with Gasteiger partial charge in [-0.05, 0) is 56.0 Å². The number of nitrogens with one attached hydrogen (secondary N) is 1. The van der Waals surface area contributed by atoms with E-state index in [4.69, 9.17) is 0 Å². The number of halogens is 1. The largest absolute Gasteiger partial charge is 0.325 e. The number of nitrogens with zero attached hydrogens (tertiary/aromatic N) is 1. The highest BCUT2D eigenvalue weighted by molar-refractivity contribution is 6.12. The van der Waals surface area contributed by atoms with E-state index in [1.165, 1.54) is 24.3 Å². The molecule has 3 amide bonds. The van der Waals surface area contributed by atoms with E-state index in [0.29, 0.717) is 24.0 Å². The molecule has 0 aromatic heterocycles. The van der Waals surface area contributed by atoms with E-state index in [0.717, 1.165) is 28.0 Å². The third-order valence-corrected chi connectivity index (χ3v) is 5.68. The Bertz CT molecular complexity index is 977. The van der Waals surface area contributed by atoms with E-state index < -0.39 is 23.3 Å². The van der Waals surface area contributed by atoms with Crippen molar-refractivity contribution in [1.29, 1.82) is 0 Å². The molecule has 6 heteroatoms. The average Bonchev–Trinajstić information content (AvgIpc) is 2.91. The summed E-state index contributed by atoms with van der Waals surface area (Å²) in [4.78, 5) is 40.2. The molecule has 0 saturated carbocycles. The molecule has 2 aromatic rings. The first-order valence-corrected chi connectivity index (χ1v) is 10.2. The summed E-state index contributed by atoms with van der Waals surface area (Å²) in [5, 5.41) is 2.80. The van der Waals surface area contributed by atoms with Crippen LogP contribution in [0.3, 0.4) is 0 Å². The summed E-state index contributed by atoms with van der Waals surface area (Å²) in [6, 6.07) is 8.80. The first kappa shape index (κ1) is 21.7. The quantitative estimate of drug-likeness (QED) is 0.537. The van der Waals surface area contributed by atoms with Gasteiger partial charge in [-0.3, -0.25) is 14.5 Å². The van der Waals surface area contributed by atoms with Crippen LogP contribution in [0.4, 0.5) is 9.18 Å². The lowest BCUT2D eigenvalue weighted by Gasteiger charge is -2.27. The molecule has 1 aliphatic rings. The van der Waals surface area contributed by atoms with Crippen LogP contribution < -0.4 is 5.32 Å². The Morgan fingerprint density at radius 3 is 2.23 bits per heavy atom. The third kappa shape index (κ3) is 3.86. The first-order valence-electron chi connectivity index (χ1n) is 10.2. The Hall–Kier alpha value is -3.02. The molecule has 30 heavy (non-hydrogen) atoms. The maximum Gasteiger partial charge on any atom is 0.325 e. The number of Topliss-reactive ketones (excluding diaryl/α,β-unsaturated/α-hetero) is 1. The Labute approximate surface area is 176 Å². The van der Waals surface area contributed by atoms with E-state index in [1.54, 1.807) is 0 Å². The van der Waals surface area contributed by atoms with Crippen molar-refractivity contribution >= 4 is 17.7 Å². The van der Waals surface area contributed by atoms with Gasteiger partial charge >= 0.3 is 6.03 Å². The predicted octanol–water partition coefficient (Wildman–Crippen LogP) is 4.57. The number of aryl methyl sites for hydroxylation is 3. The lowest BCUT2D eigenvalue weighted by Crippen LogP contribution is -2.44. The number of hydrogen-bond donors (Lipinski definition) is 1. The van der Waals surface area contributed by atoms with Gasteiger partial charge in [-0.25, -0.2) is 9.18 Å². The van der Waals surface area contributed by atoms with Crippen LogP contribution >= 0.6 is 0 Å². The second-order valence-electron chi connectivity index (χ2n) is 8.03. The summed E-state index contributed by atoms with van der Waals surface area (Å²) in [5.41, 5.74) is 2.47. The molecule has 0 bridgehead atoms. The zero-order chi connectivity index (χ0) is 22.1. The van der Waals surface area contributed by atoms with E-state index in [-0.39, 0.29) is 12.3 Å². The fourth-order valence-corrected chi connectivity index (χ4v) is 4.30. The fourth-order valence-electron chi connectivity index (χ4n) is 4.30. The van der Waals surface area contributed by atoms with Crippen molar-refractivity contribution in [2.75, 3.05) is 6.54 Å². The average molecular weight is 410 g/mol. The van der Waals surface area contributed by atoms with Crippen LogP contribution in [0, 0.1) is 26.6 Å². The van der Waals surface area contributed by atoms with Gasteiger partial charge in [0.15, 0.2) is 5.78 Å². The molecule has 1 aliphatic heterocycles. The summed E-state index contributed by atoms with van der Waals surface area (Å²) < 4.78 is 13.4. The molecule has 1 atom stereocenters. The van der Waals surface area contributed by atoms with E-state index in [1.807, 2.05) is 39.8 Å². The molecule has 0 aliphatic carbocycles. The Morgan fingerprint density at radius 2 is 1.67 bits per heavy atom. The molecule has 158 valence electrons. The summed E-state index contributed by atoms with van der Waals surface area (Å²) in [5.74, 6) is -1.17. The lowest BCUT2D eigenvalue weighted by molar-refractivity contribution is -0.131. The highest BCUT2D eigenvalue weighted by Gasteiger charge is 2.52. The summed E-state index contributed by atoms with van der Waals surface area (Å²) in [7, 11) is 0. The second kappa shape index (κ2) is 8.38. The van der Waals surface area contributed by atoms with Crippen LogP contribution in [0.2, 0.25) is 0 Å². The van der Waals surface area contributed by atoms with Crippen molar-refractivity contribution < 1.29 is 18.8 Å². The number of amides is 3. The van der Waals surface area contributed by atoms with E-state index in [9.17, 15) is 18.8 Å². The van der Waals surface area contributed by atoms with Gasteiger partial charge in [0.25, 0.3) is 5.91 Å². The highest BCUT2D eigenvalue weighted by Crippen LogP contribution is 2.34. The predicted molar refractivity (Wildman–Crippen MR) is 113 cm³/mol. The maximum atomic E-state index is 13.4. The summed E-state index contributed by atoms with van der Waals surface area (Å²) in [6.07, 6.45) is 1.90. The number of urea groups is 1. The van der Waals surface area contributed by atoms with Crippen LogP contribution in [0.15, 0.2) is 36.4 Å². The molecule has 1 saturated heterocycles. The van der Waals surface area contributed by atoms with Crippen LogP contribution in [-0.2, 0) is 10.3 Å². The summed E-state index contributed by atoms with van der Waals surface area (Å²) in [6.45, 7) is 7.32. The molecule has 1 heterocycles. The smallest absolute Gasteiger partial charge is 0.319 e. The Kier molecular flexibility index (Phi) is 6.06. The highest BCUT2D eigenvalue weighted by atomic mass is 19.1. The Morgan fingerprint density at radius 1 is 1.07 bits per heavy atom. The molecule has 3 rings (SSSR count). The molecule has 1 fully saturated rings. The lowest BCUT2D eigenvalue weighted by atomic mass is 9.84. The normalized spacial score (nSPS) is 18.6. The molecule has 5 nitrogen and oxygen atoms in total. The minimum absolute atomic E-state index is 0.279. The Balaban J connectivity index is 1.94. The zero-order valence-electron chi connectivity index (χ0n) is 17.8. The number of carbonyl (C=O) groups excluding carboxylic acids is 3. The number of hydrogen-bond acceptors (Lipinski definition) is 3. The van der Waals surface area contributed by atoms with E-state index >= 15 is 0 Å². The van der Waals surface area contributed by atoms with Crippen molar-refractivity contribution in [2.24, 2.45) is 0 Å². The van der Waals surface area contributed by atoms with Gasteiger partial charge in [-0.15, -0.1) is 0 Å². The fraction of sp³-hybridized carbons (Fsp3) is 0.375. The van der Waals surface area contributed by atoms with Crippen LogP contribution in [0.25, 0.3) is 0 Å². The molecule has 0 unspecified atom stereocenters. The van der Waals surface area contributed by atoms with Crippen LogP contribution in [0.1, 0.15) is 58.8 Å². The van der Waals surface area contributed by atoms with Gasteiger partial charge in [0.1, 0.15) is 11.4 Å². The molecule has 2 aromatic carbocycles. The van der Waals surface area contributed by atoms with Crippen molar-refractivity contribution in [2.45, 2.75) is 52.5 Å². The van der Waals surface area contributed by atoms with Gasteiger partial charge in [-0.1, -0.05) is 49.6 Å². The molecule has 1 N–H and O–H groups in total. The second-order valence-corrected chi connectivity index (χ2v) is 8.03. The number of ketones is 1. The van der Waals surface area contributed by atoms with Crippen LogP contribution in [0.5, 0.6) is 0 Å². The van der Waals surface area contributed by atoms with Gasteiger partial charge < -0.3 is 5.32 Å². The standard InChI is InChI=1S/C24H27FN2O3/c1-5-6-11-24(18-7-9-19(25)10-8-18)22(29)27(23(30)26-24)14-20(28)21-16(3)12-15(2)13-17(21)4/h7-10,12-13H,5-6,11,14H2,1-4H3,(H,26,30)/t24-/m0/s1. The number of imide groups is 1. The number of benzene rings is 2. The van der Waals surface area contributed by atoms with Gasteiger partial charge in [0, 0.05) is 5.56 Å². The van der Waals surface area contributed by atoms with Crippen molar-refractivity contribution in [3.8, 4) is 0 Å². The van der Waals surface area contributed by atoms with Gasteiger partial charge in [-0.2, -0.15) is 0 Å². The van der Waals surface area contributed by atoms with Crippen molar-refractivity contribution in [1.82, 2.24) is 10.2 Å². The minimum atomic E-state index is -1.28. The van der Waals surface area contributed by atoms with E-state index in [2.05, 4.69) is 5.32 Å². The van der Waals surface area contributed by atoms with Crippen molar-refractivity contribution in [3.63, 3.8) is 0 Å². The topological polar surface area (TPSA) is 66.5 Å².